The van der Waals surface area contributed by atoms with Crippen LogP contribution in [-0.2, 0) is 13.6 Å². The van der Waals surface area contributed by atoms with Gasteiger partial charge in [0.05, 0.1) is 11.9 Å². The van der Waals surface area contributed by atoms with Crippen molar-refractivity contribution < 1.29 is 0 Å². The summed E-state index contributed by atoms with van der Waals surface area (Å²) < 4.78 is 1.82. The number of hydrogen-bond donors (Lipinski definition) is 1. The normalized spacial score (nSPS) is 15.1. The molecule has 4 heterocycles. The summed E-state index contributed by atoms with van der Waals surface area (Å²) in [5.74, 6) is 0.772. The van der Waals surface area contributed by atoms with Crippen LogP contribution in [0.1, 0.15) is 11.3 Å². The molecule has 5 rings (SSSR count). The van der Waals surface area contributed by atoms with Crippen molar-refractivity contribution in [2.24, 2.45) is 7.05 Å². The molecular weight excluding hydrogens is 410 g/mol. The van der Waals surface area contributed by atoms with Crippen LogP contribution in [0.15, 0.2) is 67.8 Å². The van der Waals surface area contributed by atoms with Crippen molar-refractivity contribution in [2.45, 2.75) is 6.54 Å². The summed E-state index contributed by atoms with van der Waals surface area (Å²) in [6, 6.07) is 12.5. The van der Waals surface area contributed by atoms with E-state index in [0.29, 0.717) is 0 Å². The van der Waals surface area contributed by atoms with Crippen LogP contribution in [0.3, 0.4) is 0 Å². The molecule has 0 aliphatic carbocycles. The van der Waals surface area contributed by atoms with E-state index in [4.69, 9.17) is 0 Å². The minimum absolute atomic E-state index is 0.772. The van der Waals surface area contributed by atoms with E-state index in [1.54, 1.807) is 0 Å². The molecule has 7 heteroatoms. The van der Waals surface area contributed by atoms with Crippen LogP contribution in [-0.4, -0.2) is 62.8 Å². The molecule has 1 aliphatic heterocycles. The molecule has 1 aliphatic rings. The smallest absolute Gasteiger partial charge is 0.130 e. The summed E-state index contributed by atoms with van der Waals surface area (Å²) >= 11 is 0. The van der Waals surface area contributed by atoms with E-state index in [1.165, 1.54) is 0 Å². The monoisotopic (exact) mass is 439 g/mol. The Hall–Kier alpha value is -3.55. The molecular formula is C26H29N7. The molecule has 0 bridgehead atoms. The Kier molecular flexibility index (Phi) is 5.90. The summed E-state index contributed by atoms with van der Waals surface area (Å²) in [5.41, 5.74) is 5.13. The Bertz CT molecular complexity index is 1280. The maximum absolute atomic E-state index is 4.59. The Balaban J connectivity index is 1.31. The molecule has 0 spiro atoms. The van der Waals surface area contributed by atoms with E-state index < -0.39 is 0 Å². The SMILES string of the molecule is C=C(Nc1cc2cc(-c3cnn(C)c3)ccc2cn1)c1ccnc(CN2CCN(C)CC2)c1. The first-order valence-corrected chi connectivity index (χ1v) is 11.2. The molecule has 1 aromatic carbocycles. The second kappa shape index (κ2) is 9.13. The molecule has 0 unspecified atom stereocenters. The van der Waals surface area contributed by atoms with Crippen molar-refractivity contribution in [3.63, 3.8) is 0 Å². The van der Waals surface area contributed by atoms with Crippen LogP contribution in [0.4, 0.5) is 5.82 Å². The highest BCUT2D eigenvalue weighted by molar-refractivity contribution is 5.89. The van der Waals surface area contributed by atoms with E-state index in [9.17, 15) is 0 Å². The predicted octanol–water partition coefficient (Wildman–Crippen LogP) is 3.86. The maximum Gasteiger partial charge on any atom is 0.130 e. The van der Waals surface area contributed by atoms with E-state index in [2.05, 4.69) is 74.1 Å². The van der Waals surface area contributed by atoms with Crippen molar-refractivity contribution in [1.29, 1.82) is 0 Å². The lowest BCUT2D eigenvalue weighted by atomic mass is 10.0. The molecule has 0 amide bonds. The topological polar surface area (TPSA) is 62.1 Å². The van der Waals surface area contributed by atoms with Gasteiger partial charge in [-0.3, -0.25) is 14.6 Å². The van der Waals surface area contributed by atoms with Gasteiger partial charge < -0.3 is 10.2 Å². The van der Waals surface area contributed by atoms with Gasteiger partial charge in [0.25, 0.3) is 0 Å². The number of hydrogen-bond acceptors (Lipinski definition) is 6. The highest BCUT2D eigenvalue weighted by atomic mass is 15.2. The van der Waals surface area contributed by atoms with Gasteiger partial charge in [-0.1, -0.05) is 18.7 Å². The standard InChI is InChI=1S/C26H29N7/c1-19(20-6-7-27-25(13-20)18-33-10-8-31(2)9-11-33)30-26-14-23-12-21(4-5-22(23)15-28-26)24-16-29-32(3)17-24/h4-7,12-17H,1,8-11,18H2,2-3H3,(H,28,30). The summed E-state index contributed by atoms with van der Waals surface area (Å²) in [6.45, 7) is 9.47. The van der Waals surface area contributed by atoms with Crippen LogP contribution in [0.5, 0.6) is 0 Å². The van der Waals surface area contributed by atoms with Crippen molar-refractivity contribution in [3.05, 3.63) is 79.0 Å². The number of likely N-dealkylation sites (N-methyl/N-ethyl adjacent to an activating group) is 1. The summed E-state index contributed by atoms with van der Waals surface area (Å²) in [4.78, 5) is 14.0. The van der Waals surface area contributed by atoms with Gasteiger partial charge in [-0.15, -0.1) is 0 Å². The van der Waals surface area contributed by atoms with Gasteiger partial charge in [0.1, 0.15) is 5.82 Å². The zero-order chi connectivity index (χ0) is 22.8. The molecule has 33 heavy (non-hydrogen) atoms. The first-order chi connectivity index (χ1) is 16.0. The molecule has 0 atom stereocenters. The fourth-order valence-electron chi connectivity index (χ4n) is 4.17. The van der Waals surface area contributed by atoms with Crippen molar-refractivity contribution >= 4 is 22.3 Å². The van der Waals surface area contributed by atoms with Crippen LogP contribution < -0.4 is 5.32 Å². The number of pyridine rings is 2. The number of benzene rings is 1. The lowest BCUT2D eigenvalue weighted by Gasteiger charge is -2.32. The number of rotatable bonds is 6. The van der Waals surface area contributed by atoms with Crippen LogP contribution in [0.25, 0.3) is 27.6 Å². The van der Waals surface area contributed by atoms with Crippen LogP contribution >= 0.6 is 0 Å². The molecule has 1 saturated heterocycles. The highest BCUT2D eigenvalue weighted by Crippen LogP contribution is 2.26. The molecule has 0 saturated carbocycles. The highest BCUT2D eigenvalue weighted by Gasteiger charge is 2.15. The second-order valence-corrected chi connectivity index (χ2v) is 8.75. The summed E-state index contributed by atoms with van der Waals surface area (Å²) in [5, 5.41) is 9.87. The second-order valence-electron chi connectivity index (χ2n) is 8.75. The number of piperazine rings is 1. The summed E-state index contributed by atoms with van der Waals surface area (Å²) in [7, 11) is 4.10. The lowest BCUT2D eigenvalue weighted by molar-refractivity contribution is 0.147. The number of aromatic nitrogens is 4. The molecule has 1 fully saturated rings. The number of aryl methyl sites for hydroxylation is 1. The first kappa shape index (κ1) is 21.3. The van der Waals surface area contributed by atoms with Crippen LogP contribution in [0, 0.1) is 0 Å². The quantitative estimate of drug-likeness (QED) is 0.492. The fraction of sp³-hybridized carbons (Fsp3) is 0.269. The van der Waals surface area contributed by atoms with Crippen molar-refractivity contribution in [1.82, 2.24) is 29.5 Å². The Labute approximate surface area is 194 Å². The third kappa shape index (κ3) is 4.94. The van der Waals surface area contributed by atoms with Gasteiger partial charge in [-0.25, -0.2) is 4.98 Å². The molecule has 7 nitrogen and oxygen atoms in total. The van der Waals surface area contributed by atoms with Gasteiger partial charge in [0.2, 0.25) is 0 Å². The van der Waals surface area contributed by atoms with E-state index in [1.807, 2.05) is 42.6 Å². The average molecular weight is 440 g/mol. The van der Waals surface area contributed by atoms with Crippen molar-refractivity contribution in [2.75, 3.05) is 38.5 Å². The van der Waals surface area contributed by atoms with E-state index >= 15 is 0 Å². The van der Waals surface area contributed by atoms with Gasteiger partial charge in [0.15, 0.2) is 0 Å². The van der Waals surface area contributed by atoms with Gasteiger partial charge in [-0.2, -0.15) is 5.10 Å². The molecule has 168 valence electrons. The maximum atomic E-state index is 4.59. The third-order valence-electron chi connectivity index (χ3n) is 6.19. The Morgan fingerprint density at radius 1 is 0.939 bits per heavy atom. The Morgan fingerprint density at radius 2 is 1.79 bits per heavy atom. The van der Waals surface area contributed by atoms with Gasteiger partial charge in [0, 0.05) is 80.6 Å². The largest absolute Gasteiger partial charge is 0.340 e. The van der Waals surface area contributed by atoms with Crippen molar-refractivity contribution in [3.8, 4) is 11.1 Å². The fourth-order valence-corrected chi connectivity index (χ4v) is 4.17. The number of fused-ring (bicyclic) bond motifs is 1. The number of nitrogens with one attached hydrogen (secondary N) is 1. The van der Waals surface area contributed by atoms with Gasteiger partial charge in [-0.05, 0) is 42.3 Å². The lowest BCUT2D eigenvalue weighted by Crippen LogP contribution is -2.44. The zero-order valence-corrected chi connectivity index (χ0v) is 19.2. The zero-order valence-electron chi connectivity index (χ0n) is 19.2. The molecule has 0 radical (unpaired) electrons. The van der Waals surface area contributed by atoms with Crippen LogP contribution in [0.2, 0.25) is 0 Å². The predicted molar refractivity (Wildman–Crippen MR) is 134 cm³/mol. The Morgan fingerprint density at radius 3 is 2.58 bits per heavy atom. The minimum Gasteiger partial charge on any atom is -0.340 e. The third-order valence-corrected chi connectivity index (χ3v) is 6.19. The average Bonchev–Trinajstić information content (AvgIpc) is 3.26. The first-order valence-electron chi connectivity index (χ1n) is 11.2. The molecule has 3 aromatic heterocycles. The minimum atomic E-state index is 0.772. The summed E-state index contributed by atoms with van der Waals surface area (Å²) in [6.07, 6.45) is 7.66. The molecule has 4 aromatic rings. The van der Waals surface area contributed by atoms with Gasteiger partial charge >= 0.3 is 0 Å². The molecule has 1 N–H and O–H groups in total. The van der Waals surface area contributed by atoms with E-state index in [0.717, 1.165) is 77.4 Å². The van der Waals surface area contributed by atoms with E-state index in [-0.39, 0.29) is 0 Å². The number of anilines is 1. The number of nitrogens with zero attached hydrogens (tertiary/aromatic N) is 6.